The maximum absolute atomic E-state index is 13.7. The van der Waals surface area contributed by atoms with Gasteiger partial charge in [0.2, 0.25) is 5.43 Å². The minimum atomic E-state index is -1.08. The highest BCUT2D eigenvalue weighted by molar-refractivity contribution is 5.94. The van der Waals surface area contributed by atoms with E-state index in [9.17, 15) is 33.4 Å². The minimum Gasteiger partial charge on any atom is -0.503 e. The van der Waals surface area contributed by atoms with Crippen LogP contribution < -0.4 is 16.3 Å². The lowest BCUT2D eigenvalue weighted by atomic mass is 10.2. The van der Waals surface area contributed by atoms with Crippen molar-refractivity contribution in [2.45, 2.75) is 19.5 Å². The zero-order valence-corrected chi connectivity index (χ0v) is 15.2. The molecule has 8 nitrogen and oxygen atoms in total. The lowest BCUT2D eigenvalue weighted by Crippen LogP contribution is -2.32. The second-order valence-electron chi connectivity index (χ2n) is 6.44. The number of nitrogens with zero attached hydrogens (tertiary/aromatic N) is 2. The van der Waals surface area contributed by atoms with Gasteiger partial charge >= 0.3 is 0 Å². The molecule has 0 aliphatic carbocycles. The van der Waals surface area contributed by atoms with Crippen LogP contribution in [0.3, 0.4) is 0 Å². The van der Waals surface area contributed by atoms with Crippen LogP contribution in [0.2, 0.25) is 0 Å². The van der Waals surface area contributed by atoms with Crippen molar-refractivity contribution in [1.82, 2.24) is 14.3 Å². The Morgan fingerprint density at radius 2 is 1.97 bits per heavy atom. The van der Waals surface area contributed by atoms with Crippen LogP contribution in [0.15, 0.2) is 46.4 Å². The van der Waals surface area contributed by atoms with Gasteiger partial charge in [-0.15, -0.1) is 0 Å². The molecule has 10 heteroatoms. The van der Waals surface area contributed by atoms with Gasteiger partial charge in [-0.3, -0.25) is 14.4 Å². The number of hydrogen-bond acceptors (Lipinski definition) is 5. The van der Waals surface area contributed by atoms with Crippen LogP contribution in [0, 0.1) is 11.6 Å². The predicted octanol–water partition coefficient (Wildman–Crippen LogP) is 0.928. The number of pyridine rings is 1. The van der Waals surface area contributed by atoms with Crippen LogP contribution in [-0.4, -0.2) is 31.7 Å². The highest BCUT2D eigenvalue weighted by Gasteiger charge is 2.20. The molecule has 2 heterocycles. The normalized spacial score (nSPS) is 12.1. The Morgan fingerprint density at radius 3 is 2.62 bits per heavy atom. The van der Waals surface area contributed by atoms with Crippen molar-refractivity contribution in [2.75, 3.05) is 6.61 Å². The topological polar surface area (TPSA) is 113 Å². The zero-order chi connectivity index (χ0) is 21.3. The summed E-state index contributed by atoms with van der Waals surface area (Å²) in [7, 11) is 0. The summed E-state index contributed by atoms with van der Waals surface area (Å²) >= 11 is 0. The largest absolute Gasteiger partial charge is 0.503 e. The molecule has 29 heavy (non-hydrogen) atoms. The number of aromatic hydroxyl groups is 1. The number of aliphatic hydroxyl groups is 1. The molecule has 1 amide bonds. The Kier molecular flexibility index (Phi) is 5.46. The third kappa shape index (κ3) is 3.74. The number of nitrogens with one attached hydrogen (secondary N) is 1. The van der Waals surface area contributed by atoms with E-state index in [-0.39, 0.29) is 24.2 Å². The van der Waals surface area contributed by atoms with Gasteiger partial charge in [-0.05, 0) is 13.0 Å². The second kappa shape index (κ2) is 7.84. The van der Waals surface area contributed by atoms with Crippen LogP contribution in [0.5, 0.6) is 5.75 Å². The highest BCUT2D eigenvalue weighted by atomic mass is 19.1. The first-order valence-electron chi connectivity index (χ1n) is 8.56. The molecule has 3 aromatic rings. The fourth-order valence-corrected chi connectivity index (χ4v) is 2.82. The number of benzene rings is 1. The first-order chi connectivity index (χ1) is 13.7. The summed E-state index contributed by atoms with van der Waals surface area (Å²) in [5.74, 6) is -3.45. The van der Waals surface area contributed by atoms with Crippen LogP contribution >= 0.6 is 0 Å². The van der Waals surface area contributed by atoms with Gasteiger partial charge in [0.15, 0.2) is 11.3 Å². The molecule has 0 unspecified atom stereocenters. The Bertz CT molecular complexity index is 1220. The molecule has 0 spiro atoms. The fraction of sp³-hybridized carbons (Fsp3) is 0.211. The number of aromatic nitrogens is 2. The van der Waals surface area contributed by atoms with E-state index in [1.165, 1.54) is 12.4 Å². The Hall–Kier alpha value is -3.53. The summed E-state index contributed by atoms with van der Waals surface area (Å²) in [6.07, 6.45) is 3.76. The molecule has 3 rings (SSSR count). The first-order valence-corrected chi connectivity index (χ1v) is 8.56. The third-order valence-electron chi connectivity index (χ3n) is 4.47. The minimum absolute atomic E-state index is 0.00532. The quantitative estimate of drug-likeness (QED) is 0.585. The zero-order valence-electron chi connectivity index (χ0n) is 15.2. The molecule has 0 fully saturated rings. The van der Waals surface area contributed by atoms with E-state index in [1.54, 1.807) is 6.92 Å². The molecule has 152 valence electrons. The van der Waals surface area contributed by atoms with Gasteiger partial charge < -0.3 is 24.5 Å². The molecule has 0 saturated carbocycles. The number of carbonyl (C=O) groups is 1. The number of hydrogen-bond donors (Lipinski definition) is 3. The number of halogens is 2. The molecule has 0 saturated heterocycles. The van der Waals surface area contributed by atoms with Crippen molar-refractivity contribution in [3.05, 3.63) is 80.1 Å². The molecular weight excluding hydrogens is 388 g/mol. The molecule has 0 radical (unpaired) electrons. The maximum Gasteiger partial charge on any atom is 0.279 e. The summed E-state index contributed by atoms with van der Waals surface area (Å²) < 4.78 is 28.9. The van der Waals surface area contributed by atoms with E-state index in [4.69, 9.17) is 0 Å². The van der Waals surface area contributed by atoms with Crippen LogP contribution in [-0.2, 0) is 6.54 Å². The summed E-state index contributed by atoms with van der Waals surface area (Å²) in [6, 6.07) is 2.26. The summed E-state index contributed by atoms with van der Waals surface area (Å²) in [6.45, 7) is 0.925. The van der Waals surface area contributed by atoms with E-state index < -0.39 is 45.9 Å². The van der Waals surface area contributed by atoms with Gasteiger partial charge in [-0.2, -0.15) is 0 Å². The van der Waals surface area contributed by atoms with Gasteiger partial charge in [0.1, 0.15) is 17.2 Å². The van der Waals surface area contributed by atoms with Gasteiger partial charge in [-0.25, -0.2) is 8.78 Å². The second-order valence-corrected chi connectivity index (χ2v) is 6.44. The number of rotatable bonds is 5. The number of aliphatic hydroxyl groups excluding tert-OH is 1. The van der Waals surface area contributed by atoms with Crippen LogP contribution in [0.25, 0.3) is 5.52 Å². The van der Waals surface area contributed by atoms with E-state index in [1.807, 2.05) is 0 Å². The van der Waals surface area contributed by atoms with Crippen molar-refractivity contribution in [3.8, 4) is 5.75 Å². The number of carbonyl (C=O) groups excluding carboxylic acids is 1. The fourth-order valence-electron chi connectivity index (χ4n) is 2.82. The van der Waals surface area contributed by atoms with E-state index in [2.05, 4.69) is 5.32 Å². The average molecular weight is 405 g/mol. The smallest absolute Gasteiger partial charge is 0.279 e. The standard InChI is InChI=1S/C19H17F2N3O5/c1-10(9-25)24-5-4-23-8-13(16(26)17(27)15(23)19(24)29)18(28)22-7-11-2-3-12(20)6-14(11)21/h2-6,8,10,25,27H,7,9H2,1H3,(H,22,28)/t10-/m0/s1. The van der Waals surface area contributed by atoms with E-state index in [0.29, 0.717) is 6.07 Å². The molecule has 1 atom stereocenters. The number of fused-ring (bicyclic) bond motifs is 1. The van der Waals surface area contributed by atoms with E-state index in [0.717, 1.165) is 27.3 Å². The van der Waals surface area contributed by atoms with Crippen LogP contribution in [0.4, 0.5) is 8.78 Å². The van der Waals surface area contributed by atoms with Crippen LogP contribution in [0.1, 0.15) is 28.9 Å². The van der Waals surface area contributed by atoms with Crippen molar-refractivity contribution in [1.29, 1.82) is 0 Å². The van der Waals surface area contributed by atoms with Crippen molar-refractivity contribution in [2.24, 2.45) is 0 Å². The van der Waals surface area contributed by atoms with Gasteiger partial charge in [-0.1, -0.05) is 6.07 Å². The summed E-state index contributed by atoms with van der Waals surface area (Å²) in [5.41, 5.74) is -2.60. The maximum atomic E-state index is 13.7. The Balaban J connectivity index is 1.97. The summed E-state index contributed by atoms with van der Waals surface area (Å²) in [4.78, 5) is 37.3. The summed E-state index contributed by atoms with van der Waals surface area (Å²) in [5, 5.41) is 21.8. The lowest BCUT2D eigenvalue weighted by molar-refractivity contribution is 0.0948. The van der Waals surface area contributed by atoms with E-state index >= 15 is 0 Å². The number of amides is 1. The van der Waals surface area contributed by atoms with Crippen molar-refractivity contribution in [3.63, 3.8) is 0 Å². The third-order valence-corrected chi connectivity index (χ3v) is 4.47. The SMILES string of the molecule is C[C@@H](CO)n1ccn2cc(C(=O)NCc3ccc(F)cc3F)c(=O)c(O)c2c1=O. The Labute approximate surface area is 162 Å². The monoisotopic (exact) mass is 405 g/mol. The molecule has 3 N–H and O–H groups in total. The lowest BCUT2D eigenvalue weighted by Gasteiger charge is -2.14. The molecule has 0 aliphatic rings. The van der Waals surface area contributed by atoms with Gasteiger partial charge in [0.05, 0.1) is 12.6 Å². The van der Waals surface area contributed by atoms with Crippen molar-refractivity contribution >= 4 is 11.4 Å². The average Bonchev–Trinajstić information content (AvgIpc) is 2.69. The van der Waals surface area contributed by atoms with Crippen molar-refractivity contribution < 1.29 is 23.8 Å². The predicted molar refractivity (Wildman–Crippen MR) is 98.9 cm³/mol. The molecule has 0 bridgehead atoms. The molecular formula is C19H17F2N3O5. The van der Waals surface area contributed by atoms with Gasteiger partial charge in [0.25, 0.3) is 11.5 Å². The highest BCUT2D eigenvalue weighted by Crippen LogP contribution is 2.13. The first kappa shape index (κ1) is 20.2. The van der Waals surface area contributed by atoms with Gasteiger partial charge in [0, 0.05) is 36.8 Å². The Morgan fingerprint density at radius 1 is 1.24 bits per heavy atom. The molecule has 0 aliphatic heterocycles. The molecule has 2 aromatic heterocycles. The molecule has 1 aromatic carbocycles.